The van der Waals surface area contributed by atoms with Crippen LogP contribution in [0.25, 0.3) is 10.6 Å². The lowest BCUT2D eigenvalue weighted by atomic mass is 10.1. The number of amides is 1. The maximum absolute atomic E-state index is 12.2. The predicted molar refractivity (Wildman–Crippen MR) is 92.8 cm³/mol. The lowest BCUT2D eigenvalue weighted by molar-refractivity contribution is 0.0912. The Hall–Kier alpha value is -2.51. The van der Waals surface area contributed by atoms with Crippen LogP contribution < -0.4 is 5.32 Å². The number of hydrogen-bond acceptors (Lipinski definition) is 5. The van der Waals surface area contributed by atoms with Gasteiger partial charge in [-0.3, -0.25) is 9.48 Å². The average Bonchev–Trinajstić information content (AvgIpc) is 3.22. The van der Waals surface area contributed by atoms with Crippen LogP contribution in [-0.4, -0.2) is 32.3 Å². The van der Waals surface area contributed by atoms with Gasteiger partial charge in [0.1, 0.15) is 10.7 Å². The normalized spacial score (nSPS) is 12.1. The summed E-state index contributed by atoms with van der Waals surface area (Å²) in [5, 5.41) is 19.4. The van der Waals surface area contributed by atoms with Gasteiger partial charge in [-0.15, -0.1) is 11.3 Å². The highest BCUT2D eigenvalue weighted by molar-refractivity contribution is 7.13. The number of carbonyl (C=O) groups excluding carboxylic acids is 1. The third-order valence-corrected chi connectivity index (χ3v) is 4.50. The predicted octanol–water partition coefficient (Wildman–Crippen LogP) is 2.32. The molecule has 0 aliphatic rings. The Morgan fingerprint density at radius 2 is 2.12 bits per heavy atom. The molecule has 2 N–H and O–H groups in total. The highest BCUT2D eigenvalue weighted by Crippen LogP contribution is 2.23. The molecule has 0 fully saturated rings. The number of aryl methyl sites for hydroxylation is 2. The summed E-state index contributed by atoms with van der Waals surface area (Å²) >= 11 is 1.39. The fourth-order valence-corrected chi connectivity index (χ4v) is 3.00. The van der Waals surface area contributed by atoms with Gasteiger partial charge in [-0.05, 0) is 12.5 Å². The van der Waals surface area contributed by atoms with Crippen molar-refractivity contribution >= 4 is 17.2 Å². The Labute approximate surface area is 143 Å². The van der Waals surface area contributed by atoms with Crippen LogP contribution in [0.15, 0.2) is 42.0 Å². The maximum Gasteiger partial charge on any atom is 0.270 e. The Kier molecular flexibility index (Phi) is 4.73. The third kappa shape index (κ3) is 3.69. The minimum absolute atomic E-state index is 0.141. The monoisotopic (exact) mass is 342 g/mol. The first-order valence-electron chi connectivity index (χ1n) is 7.50. The van der Waals surface area contributed by atoms with Crippen molar-refractivity contribution < 1.29 is 9.90 Å². The number of thiazole rings is 1. The molecule has 0 saturated carbocycles. The SMILES string of the molecule is Cc1ccc([C@@H](O)CNC(=O)c2csc(-c3cnn(C)c3)n2)cc1. The second-order valence-electron chi connectivity index (χ2n) is 5.58. The summed E-state index contributed by atoms with van der Waals surface area (Å²) in [6.07, 6.45) is 2.81. The molecule has 6 nitrogen and oxygen atoms in total. The van der Waals surface area contributed by atoms with Gasteiger partial charge < -0.3 is 10.4 Å². The third-order valence-electron chi connectivity index (χ3n) is 3.61. The molecule has 0 radical (unpaired) electrons. The number of carbonyl (C=O) groups is 1. The van der Waals surface area contributed by atoms with E-state index in [0.717, 1.165) is 21.7 Å². The van der Waals surface area contributed by atoms with Crippen LogP contribution in [0.3, 0.4) is 0 Å². The zero-order chi connectivity index (χ0) is 17.1. The van der Waals surface area contributed by atoms with Crippen LogP contribution in [0, 0.1) is 6.92 Å². The molecule has 0 bridgehead atoms. The zero-order valence-electron chi connectivity index (χ0n) is 13.4. The molecule has 7 heteroatoms. The highest BCUT2D eigenvalue weighted by atomic mass is 32.1. The summed E-state index contributed by atoms with van der Waals surface area (Å²) < 4.78 is 1.69. The topological polar surface area (TPSA) is 80.0 Å². The van der Waals surface area contributed by atoms with Gasteiger partial charge in [-0.2, -0.15) is 5.10 Å². The van der Waals surface area contributed by atoms with E-state index in [1.165, 1.54) is 11.3 Å². The van der Waals surface area contributed by atoms with Crippen molar-refractivity contribution in [1.29, 1.82) is 0 Å². The molecule has 1 amide bonds. The van der Waals surface area contributed by atoms with Crippen LogP contribution >= 0.6 is 11.3 Å². The van der Waals surface area contributed by atoms with Crippen LogP contribution in [0.5, 0.6) is 0 Å². The molecule has 3 aromatic rings. The number of nitrogens with zero attached hydrogens (tertiary/aromatic N) is 3. The van der Waals surface area contributed by atoms with Crippen LogP contribution in [0.2, 0.25) is 0 Å². The summed E-state index contributed by atoms with van der Waals surface area (Å²) in [6, 6.07) is 7.58. The van der Waals surface area contributed by atoms with E-state index in [0.29, 0.717) is 5.69 Å². The number of benzene rings is 1. The van der Waals surface area contributed by atoms with Gasteiger partial charge in [0.25, 0.3) is 5.91 Å². The molecule has 1 atom stereocenters. The molecule has 1 aromatic carbocycles. The van der Waals surface area contributed by atoms with Gasteiger partial charge in [0.2, 0.25) is 0 Å². The van der Waals surface area contributed by atoms with Gasteiger partial charge in [0.05, 0.1) is 12.3 Å². The van der Waals surface area contributed by atoms with E-state index in [-0.39, 0.29) is 12.5 Å². The molecule has 0 saturated heterocycles. The number of rotatable bonds is 5. The molecule has 2 heterocycles. The van der Waals surface area contributed by atoms with E-state index >= 15 is 0 Å². The Morgan fingerprint density at radius 1 is 1.38 bits per heavy atom. The number of nitrogens with one attached hydrogen (secondary N) is 1. The molecule has 24 heavy (non-hydrogen) atoms. The number of hydrogen-bond donors (Lipinski definition) is 2. The van der Waals surface area contributed by atoms with Gasteiger partial charge in [-0.1, -0.05) is 29.8 Å². The molecule has 2 aromatic heterocycles. The summed E-state index contributed by atoms with van der Waals surface area (Å²) in [6.45, 7) is 2.13. The first kappa shape index (κ1) is 16.4. The zero-order valence-corrected chi connectivity index (χ0v) is 14.2. The van der Waals surface area contributed by atoms with E-state index in [2.05, 4.69) is 15.4 Å². The smallest absolute Gasteiger partial charge is 0.270 e. The molecular formula is C17H18N4O2S. The Morgan fingerprint density at radius 3 is 2.79 bits per heavy atom. The van der Waals surface area contributed by atoms with Gasteiger partial charge in [0, 0.05) is 30.7 Å². The van der Waals surface area contributed by atoms with Crippen molar-refractivity contribution in [3.63, 3.8) is 0 Å². The fourth-order valence-electron chi connectivity index (χ4n) is 2.23. The minimum Gasteiger partial charge on any atom is -0.387 e. The van der Waals surface area contributed by atoms with Crippen molar-refractivity contribution in [3.8, 4) is 10.6 Å². The average molecular weight is 342 g/mol. The lowest BCUT2D eigenvalue weighted by Crippen LogP contribution is -2.28. The molecule has 0 aliphatic carbocycles. The van der Waals surface area contributed by atoms with Crippen molar-refractivity contribution in [2.75, 3.05) is 6.54 Å². The number of aliphatic hydroxyl groups excluding tert-OH is 1. The molecule has 0 spiro atoms. The molecule has 124 valence electrons. The molecule has 0 aliphatic heterocycles. The summed E-state index contributed by atoms with van der Waals surface area (Å²) in [7, 11) is 1.83. The lowest BCUT2D eigenvalue weighted by Gasteiger charge is -2.11. The Bertz CT molecular complexity index is 838. The first-order chi connectivity index (χ1) is 11.5. The van der Waals surface area contributed by atoms with Gasteiger partial charge >= 0.3 is 0 Å². The number of aromatic nitrogens is 3. The minimum atomic E-state index is -0.744. The summed E-state index contributed by atoms with van der Waals surface area (Å²) in [5.74, 6) is -0.299. The van der Waals surface area contributed by atoms with Crippen LogP contribution in [-0.2, 0) is 7.05 Å². The summed E-state index contributed by atoms with van der Waals surface area (Å²) in [4.78, 5) is 16.5. The molecule has 3 rings (SSSR count). The van der Waals surface area contributed by atoms with E-state index < -0.39 is 6.10 Å². The second kappa shape index (κ2) is 6.94. The fraction of sp³-hybridized carbons (Fsp3) is 0.235. The first-order valence-corrected chi connectivity index (χ1v) is 8.38. The van der Waals surface area contributed by atoms with E-state index in [9.17, 15) is 9.90 Å². The highest BCUT2D eigenvalue weighted by Gasteiger charge is 2.14. The number of aliphatic hydroxyl groups is 1. The van der Waals surface area contributed by atoms with Crippen LogP contribution in [0.1, 0.15) is 27.7 Å². The maximum atomic E-state index is 12.2. The van der Waals surface area contributed by atoms with Crippen LogP contribution in [0.4, 0.5) is 0 Å². The van der Waals surface area contributed by atoms with E-state index in [1.54, 1.807) is 16.3 Å². The van der Waals surface area contributed by atoms with Crippen molar-refractivity contribution in [3.05, 3.63) is 58.9 Å². The molecule has 0 unspecified atom stereocenters. The van der Waals surface area contributed by atoms with E-state index in [1.807, 2.05) is 44.4 Å². The van der Waals surface area contributed by atoms with Crippen molar-refractivity contribution in [2.45, 2.75) is 13.0 Å². The quantitative estimate of drug-likeness (QED) is 0.746. The van der Waals surface area contributed by atoms with Gasteiger partial charge in [0.15, 0.2) is 0 Å². The largest absolute Gasteiger partial charge is 0.387 e. The standard InChI is InChI=1S/C17H18N4O2S/c1-11-3-5-12(6-4-11)15(22)8-18-16(23)14-10-24-17(20-14)13-7-19-21(2)9-13/h3-7,9-10,15,22H,8H2,1-2H3,(H,18,23)/t15-/m0/s1. The van der Waals surface area contributed by atoms with Crippen molar-refractivity contribution in [1.82, 2.24) is 20.1 Å². The Balaban J connectivity index is 1.61. The van der Waals surface area contributed by atoms with Gasteiger partial charge in [-0.25, -0.2) is 4.98 Å². The summed E-state index contributed by atoms with van der Waals surface area (Å²) in [5.41, 5.74) is 3.12. The molecular weight excluding hydrogens is 324 g/mol. The van der Waals surface area contributed by atoms with Crippen molar-refractivity contribution in [2.24, 2.45) is 7.05 Å². The van der Waals surface area contributed by atoms with E-state index in [4.69, 9.17) is 0 Å². The second-order valence-corrected chi connectivity index (χ2v) is 6.44.